The molecular weight excluding hydrogens is 212 g/mol. The second-order valence-corrected chi connectivity index (χ2v) is 3.63. The van der Waals surface area contributed by atoms with Gasteiger partial charge in [0, 0.05) is 13.2 Å². The van der Waals surface area contributed by atoms with Gasteiger partial charge in [0.15, 0.2) is 0 Å². The Balaban J connectivity index is 2.44. The van der Waals surface area contributed by atoms with Gasteiger partial charge in [-0.15, -0.1) is 0 Å². The second kappa shape index (κ2) is 4.54. The van der Waals surface area contributed by atoms with Gasteiger partial charge in [-0.2, -0.15) is 5.26 Å². The third kappa shape index (κ3) is 2.18. The standard InChI is InChI=1S/C13H12N4/c1-17(13-4-2-3-7-16-13)12-8-10(9-14)5-6-11(12)15/h2-8H,15H2,1H3. The molecule has 2 aromatic rings. The number of pyridine rings is 1. The van der Waals surface area contributed by atoms with Gasteiger partial charge in [-0.3, -0.25) is 0 Å². The molecule has 0 amide bonds. The Morgan fingerprint density at radius 2 is 2.12 bits per heavy atom. The van der Waals surface area contributed by atoms with Crippen LogP contribution in [0.25, 0.3) is 0 Å². The van der Waals surface area contributed by atoms with E-state index in [0.29, 0.717) is 11.3 Å². The van der Waals surface area contributed by atoms with Crippen LogP contribution in [0.15, 0.2) is 42.6 Å². The van der Waals surface area contributed by atoms with E-state index >= 15 is 0 Å². The molecule has 0 fully saturated rings. The van der Waals surface area contributed by atoms with Crippen LogP contribution in [0.4, 0.5) is 17.2 Å². The van der Waals surface area contributed by atoms with E-state index in [-0.39, 0.29) is 0 Å². The van der Waals surface area contributed by atoms with Gasteiger partial charge in [0.25, 0.3) is 0 Å². The lowest BCUT2D eigenvalue weighted by Gasteiger charge is -2.20. The van der Waals surface area contributed by atoms with E-state index in [2.05, 4.69) is 11.1 Å². The minimum absolute atomic E-state index is 0.581. The summed E-state index contributed by atoms with van der Waals surface area (Å²) < 4.78 is 0. The molecule has 0 spiro atoms. The second-order valence-electron chi connectivity index (χ2n) is 3.63. The Kier molecular flexibility index (Phi) is 2.93. The van der Waals surface area contributed by atoms with Crippen molar-refractivity contribution in [3.05, 3.63) is 48.2 Å². The number of aromatic nitrogens is 1. The first kappa shape index (κ1) is 11.0. The normalized spacial score (nSPS) is 9.65. The van der Waals surface area contributed by atoms with E-state index in [9.17, 15) is 0 Å². The summed E-state index contributed by atoms with van der Waals surface area (Å²) in [5.74, 6) is 0.786. The van der Waals surface area contributed by atoms with E-state index in [4.69, 9.17) is 11.0 Å². The van der Waals surface area contributed by atoms with Crippen molar-refractivity contribution in [1.29, 1.82) is 5.26 Å². The van der Waals surface area contributed by atoms with Gasteiger partial charge < -0.3 is 10.6 Å². The summed E-state index contributed by atoms with van der Waals surface area (Å²) in [7, 11) is 1.87. The molecule has 1 aromatic heterocycles. The average molecular weight is 224 g/mol. The largest absolute Gasteiger partial charge is 0.397 e. The maximum absolute atomic E-state index is 8.88. The van der Waals surface area contributed by atoms with Gasteiger partial charge in [0.1, 0.15) is 5.82 Å². The number of benzene rings is 1. The van der Waals surface area contributed by atoms with E-state index in [1.807, 2.05) is 30.1 Å². The zero-order chi connectivity index (χ0) is 12.3. The van der Waals surface area contributed by atoms with Gasteiger partial charge in [-0.05, 0) is 30.3 Å². The molecule has 0 saturated heterocycles. The molecule has 1 aromatic carbocycles. The topological polar surface area (TPSA) is 65.9 Å². The van der Waals surface area contributed by atoms with Crippen LogP contribution in [0.5, 0.6) is 0 Å². The predicted molar refractivity (Wildman–Crippen MR) is 67.9 cm³/mol. The van der Waals surface area contributed by atoms with E-state index in [0.717, 1.165) is 11.5 Å². The summed E-state index contributed by atoms with van der Waals surface area (Å²) in [6.07, 6.45) is 1.72. The number of hydrogen-bond acceptors (Lipinski definition) is 4. The summed E-state index contributed by atoms with van der Waals surface area (Å²) in [5, 5.41) is 8.88. The molecule has 0 aliphatic heterocycles. The lowest BCUT2D eigenvalue weighted by atomic mass is 10.1. The molecule has 4 nitrogen and oxygen atoms in total. The van der Waals surface area contributed by atoms with E-state index in [1.54, 1.807) is 24.4 Å². The van der Waals surface area contributed by atoms with Crippen molar-refractivity contribution in [2.45, 2.75) is 0 Å². The number of nitriles is 1. The molecule has 0 aliphatic carbocycles. The molecule has 0 unspecified atom stereocenters. The molecule has 84 valence electrons. The smallest absolute Gasteiger partial charge is 0.132 e. The summed E-state index contributed by atoms with van der Waals surface area (Å²) in [4.78, 5) is 6.10. The number of nitrogens with zero attached hydrogens (tertiary/aromatic N) is 3. The summed E-state index contributed by atoms with van der Waals surface area (Å²) in [6, 6.07) is 12.9. The molecule has 0 aliphatic rings. The molecule has 2 rings (SSSR count). The Morgan fingerprint density at radius 1 is 1.29 bits per heavy atom. The fourth-order valence-corrected chi connectivity index (χ4v) is 1.58. The number of nitrogen functional groups attached to an aromatic ring is 1. The van der Waals surface area contributed by atoms with Crippen LogP contribution >= 0.6 is 0 Å². The highest BCUT2D eigenvalue weighted by Crippen LogP contribution is 2.28. The van der Waals surface area contributed by atoms with E-state index in [1.165, 1.54) is 0 Å². The fraction of sp³-hybridized carbons (Fsp3) is 0.0769. The molecule has 2 N–H and O–H groups in total. The maximum atomic E-state index is 8.88. The third-order valence-electron chi connectivity index (χ3n) is 2.51. The van der Waals surface area contributed by atoms with Crippen LogP contribution in [0.1, 0.15) is 5.56 Å². The third-order valence-corrected chi connectivity index (χ3v) is 2.51. The molecule has 0 saturated carbocycles. The quantitative estimate of drug-likeness (QED) is 0.795. The lowest BCUT2D eigenvalue weighted by molar-refractivity contribution is 1.13. The molecule has 0 bridgehead atoms. The first-order chi connectivity index (χ1) is 8.22. The van der Waals surface area contributed by atoms with Crippen LogP contribution in [0.2, 0.25) is 0 Å². The molecule has 4 heteroatoms. The molecule has 17 heavy (non-hydrogen) atoms. The predicted octanol–water partition coefficient (Wildman–Crippen LogP) is 2.30. The minimum Gasteiger partial charge on any atom is -0.397 e. The highest BCUT2D eigenvalue weighted by atomic mass is 15.2. The van der Waals surface area contributed by atoms with E-state index < -0.39 is 0 Å². The average Bonchev–Trinajstić information content (AvgIpc) is 2.39. The van der Waals surface area contributed by atoms with Crippen molar-refractivity contribution >= 4 is 17.2 Å². The van der Waals surface area contributed by atoms with Gasteiger partial charge in [0.2, 0.25) is 0 Å². The first-order valence-electron chi connectivity index (χ1n) is 5.17. The summed E-state index contributed by atoms with van der Waals surface area (Å²) >= 11 is 0. The molecule has 0 atom stereocenters. The monoisotopic (exact) mass is 224 g/mol. The first-order valence-corrected chi connectivity index (χ1v) is 5.17. The molecular formula is C13H12N4. The Hall–Kier alpha value is -2.54. The minimum atomic E-state index is 0.581. The highest BCUT2D eigenvalue weighted by Gasteiger charge is 2.09. The van der Waals surface area contributed by atoms with Crippen molar-refractivity contribution in [3.63, 3.8) is 0 Å². The van der Waals surface area contributed by atoms with Gasteiger partial charge in [-0.1, -0.05) is 6.07 Å². The Morgan fingerprint density at radius 3 is 2.76 bits per heavy atom. The van der Waals surface area contributed by atoms with Crippen molar-refractivity contribution in [2.75, 3.05) is 17.7 Å². The molecule has 0 radical (unpaired) electrons. The van der Waals surface area contributed by atoms with Crippen LogP contribution in [0.3, 0.4) is 0 Å². The van der Waals surface area contributed by atoms with Crippen LogP contribution in [-0.2, 0) is 0 Å². The van der Waals surface area contributed by atoms with Crippen molar-refractivity contribution in [1.82, 2.24) is 4.98 Å². The maximum Gasteiger partial charge on any atom is 0.132 e. The summed E-state index contributed by atoms with van der Waals surface area (Å²) in [5.41, 5.74) is 7.89. The fourth-order valence-electron chi connectivity index (χ4n) is 1.58. The van der Waals surface area contributed by atoms with Gasteiger partial charge >= 0.3 is 0 Å². The summed E-state index contributed by atoms with van der Waals surface area (Å²) in [6.45, 7) is 0. The number of hydrogen-bond donors (Lipinski definition) is 1. The van der Waals surface area contributed by atoms with Crippen LogP contribution < -0.4 is 10.6 Å². The van der Waals surface area contributed by atoms with Crippen molar-refractivity contribution in [2.24, 2.45) is 0 Å². The highest BCUT2D eigenvalue weighted by molar-refractivity contribution is 5.74. The van der Waals surface area contributed by atoms with Crippen molar-refractivity contribution < 1.29 is 0 Å². The molecule has 1 heterocycles. The Labute approximate surface area is 99.9 Å². The van der Waals surface area contributed by atoms with Crippen molar-refractivity contribution in [3.8, 4) is 6.07 Å². The van der Waals surface area contributed by atoms with Crippen LogP contribution in [0, 0.1) is 11.3 Å². The van der Waals surface area contributed by atoms with Gasteiger partial charge in [-0.25, -0.2) is 4.98 Å². The zero-order valence-corrected chi connectivity index (χ0v) is 9.46. The number of rotatable bonds is 2. The van der Waals surface area contributed by atoms with Crippen LogP contribution in [-0.4, -0.2) is 12.0 Å². The number of anilines is 3. The Bertz CT molecular complexity index is 557. The van der Waals surface area contributed by atoms with Gasteiger partial charge in [0.05, 0.1) is 23.0 Å². The SMILES string of the molecule is CN(c1ccccn1)c1cc(C#N)ccc1N. The lowest BCUT2D eigenvalue weighted by Crippen LogP contribution is -2.13. The number of nitrogens with two attached hydrogens (primary N) is 1. The zero-order valence-electron chi connectivity index (χ0n) is 9.46.